The summed E-state index contributed by atoms with van der Waals surface area (Å²) in [6.07, 6.45) is 8.66. The zero-order chi connectivity index (χ0) is 22.8. The summed E-state index contributed by atoms with van der Waals surface area (Å²) in [6.45, 7) is 2.56. The van der Waals surface area contributed by atoms with Gasteiger partial charge in [0, 0.05) is 29.3 Å². The van der Waals surface area contributed by atoms with Crippen molar-refractivity contribution in [2.45, 2.75) is 64.0 Å². The molecule has 0 atom stereocenters. The van der Waals surface area contributed by atoms with Crippen molar-refractivity contribution in [1.29, 1.82) is 5.26 Å². The van der Waals surface area contributed by atoms with Crippen molar-refractivity contribution < 1.29 is 14.3 Å². The Labute approximate surface area is 193 Å². The SMILES string of the molecule is CCOc1ccc2c(C#N)c(-c3ccc(NC(=O)OC4CCCC4)nc3)n(C3CCC3)c2c1. The minimum atomic E-state index is -0.466. The minimum Gasteiger partial charge on any atom is -0.494 e. The van der Waals surface area contributed by atoms with E-state index in [2.05, 4.69) is 20.9 Å². The molecule has 5 rings (SSSR count). The molecule has 1 aromatic carbocycles. The van der Waals surface area contributed by atoms with Gasteiger partial charge in [-0.1, -0.05) is 0 Å². The minimum absolute atomic E-state index is 0.00206. The van der Waals surface area contributed by atoms with Gasteiger partial charge < -0.3 is 14.0 Å². The molecule has 0 bridgehead atoms. The summed E-state index contributed by atoms with van der Waals surface area (Å²) in [6, 6.07) is 12.4. The van der Waals surface area contributed by atoms with Gasteiger partial charge in [0.1, 0.15) is 23.7 Å². The lowest BCUT2D eigenvalue weighted by Crippen LogP contribution is -2.20. The lowest BCUT2D eigenvalue weighted by Gasteiger charge is -2.30. The number of ether oxygens (including phenoxy) is 2. The zero-order valence-corrected chi connectivity index (χ0v) is 18.8. The van der Waals surface area contributed by atoms with Crippen LogP contribution in [0.25, 0.3) is 22.2 Å². The first-order valence-electron chi connectivity index (χ1n) is 11.8. The number of nitrogens with one attached hydrogen (secondary N) is 1. The first-order chi connectivity index (χ1) is 16.2. The number of benzene rings is 1. The largest absolute Gasteiger partial charge is 0.494 e. The highest BCUT2D eigenvalue weighted by molar-refractivity contribution is 5.95. The smallest absolute Gasteiger partial charge is 0.413 e. The molecule has 2 aliphatic rings. The van der Waals surface area contributed by atoms with Crippen LogP contribution in [0.2, 0.25) is 0 Å². The molecule has 0 aliphatic heterocycles. The van der Waals surface area contributed by atoms with Gasteiger partial charge >= 0.3 is 6.09 Å². The highest BCUT2D eigenvalue weighted by Crippen LogP contribution is 2.43. The molecule has 2 heterocycles. The van der Waals surface area contributed by atoms with Crippen LogP contribution in [0.1, 0.15) is 63.5 Å². The maximum Gasteiger partial charge on any atom is 0.413 e. The Bertz CT molecular complexity index is 1200. The number of carbonyl (C=O) groups is 1. The molecule has 0 unspecified atom stereocenters. The Morgan fingerprint density at radius 1 is 1.18 bits per heavy atom. The number of rotatable bonds is 6. The van der Waals surface area contributed by atoms with Crippen LogP contribution >= 0.6 is 0 Å². The Morgan fingerprint density at radius 3 is 2.64 bits per heavy atom. The summed E-state index contributed by atoms with van der Waals surface area (Å²) in [5.74, 6) is 1.24. The molecule has 0 spiro atoms. The fraction of sp³-hybridized carbons (Fsp3) is 0.423. The monoisotopic (exact) mass is 444 g/mol. The molecule has 33 heavy (non-hydrogen) atoms. The number of nitriles is 1. The topological polar surface area (TPSA) is 89.2 Å². The summed E-state index contributed by atoms with van der Waals surface area (Å²) in [5, 5.41) is 13.7. The Hall–Kier alpha value is -3.53. The molecule has 1 N–H and O–H groups in total. The predicted molar refractivity (Wildman–Crippen MR) is 126 cm³/mol. The van der Waals surface area contributed by atoms with Crippen LogP contribution in [0.15, 0.2) is 36.5 Å². The molecule has 2 aromatic heterocycles. The van der Waals surface area contributed by atoms with Crippen LogP contribution in [0.4, 0.5) is 10.6 Å². The predicted octanol–water partition coefficient (Wildman–Crippen LogP) is 6.19. The van der Waals surface area contributed by atoms with Gasteiger partial charge in [-0.2, -0.15) is 5.26 Å². The summed E-state index contributed by atoms with van der Waals surface area (Å²) < 4.78 is 13.5. The number of fused-ring (bicyclic) bond motifs is 1. The average molecular weight is 445 g/mol. The second-order valence-corrected chi connectivity index (χ2v) is 8.77. The number of pyridine rings is 1. The summed E-state index contributed by atoms with van der Waals surface area (Å²) in [4.78, 5) is 16.6. The zero-order valence-electron chi connectivity index (χ0n) is 18.8. The number of carbonyl (C=O) groups excluding carboxylic acids is 1. The van der Waals surface area contributed by atoms with Gasteiger partial charge in [0.25, 0.3) is 0 Å². The number of hydrogen-bond donors (Lipinski definition) is 1. The maximum atomic E-state index is 12.2. The van der Waals surface area contributed by atoms with Gasteiger partial charge in [-0.05, 0) is 76.1 Å². The quantitative estimate of drug-likeness (QED) is 0.490. The highest BCUT2D eigenvalue weighted by Gasteiger charge is 2.28. The van der Waals surface area contributed by atoms with E-state index in [1.54, 1.807) is 12.3 Å². The summed E-state index contributed by atoms with van der Waals surface area (Å²) in [5.41, 5.74) is 3.38. The fourth-order valence-corrected chi connectivity index (χ4v) is 4.87. The summed E-state index contributed by atoms with van der Waals surface area (Å²) in [7, 11) is 0. The molecule has 2 saturated carbocycles. The lowest BCUT2D eigenvalue weighted by molar-refractivity contribution is 0.114. The molecule has 3 aromatic rings. The van der Waals surface area contributed by atoms with E-state index < -0.39 is 6.09 Å². The van der Waals surface area contributed by atoms with Crippen LogP contribution in [-0.4, -0.2) is 28.4 Å². The van der Waals surface area contributed by atoms with Gasteiger partial charge in [0.2, 0.25) is 0 Å². The number of hydrogen-bond acceptors (Lipinski definition) is 5. The van der Waals surface area contributed by atoms with Gasteiger partial charge in [-0.25, -0.2) is 9.78 Å². The van der Waals surface area contributed by atoms with E-state index in [0.29, 0.717) is 24.0 Å². The molecular weight excluding hydrogens is 416 g/mol. The molecule has 2 fully saturated rings. The Morgan fingerprint density at radius 2 is 2.00 bits per heavy atom. The van der Waals surface area contributed by atoms with E-state index in [1.807, 2.05) is 31.2 Å². The molecule has 7 heteroatoms. The maximum absolute atomic E-state index is 12.2. The van der Waals surface area contributed by atoms with Gasteiger partial charge in [0.15, 0.2) is 0 Å². The fourth-order valence-electron chi connectivity index (χ4n) is 4.87. The number of amides is 1. The van der Waals surface area contributed by atoms with Crippen molar-refractivity contribution in [1.82, 2.24) is 9.55 Å². The molecule has 170 valence electrons. The van der Waals surface area contributed by atoms with E-state index in [0.717, 1.165) is 66.4 Å². The second kappa shape index (κ2) is 9.14. The van der Waals surface area contributed by atoms with E-state index in [4.69, 9.17) is 9.47 Å². The second-order valence-electron chi connectivity index (χ2n) is 8.77. The van der Waals surface area contributed by atoms with Crippen LogP contribution in [0.5, 0.6) is 5.75 Å². The molecule has 1 amide bonds. The molecule has 2 aliphatic carbocycles. The van der Waals surface area contributed by atoms with Crippen molar-refractivity contribution in [2.75, 3.05) is 11.9 Å². The van der Waals surface area contributed by atoms with Crippen LogP contribution < -0.4 is 10.1 Å². The third kappa shape index (κ3) is 4.13. The molecule has 7 nitrogen and oxygen atoms in total. The number of nitrogens with zero attached hydrogens (tertiary/aromatic N) is 3. The standard InChI is InChI=1S/C26H28N4O3/c1-2-32-20-11-12-21-22(15-27)25(30(23(21)14-20)18-6-5-7-18)17-10-13-24(28-16-17)29-26(31)33-19-8-3-4-9-19/h10-14,16,18-19H,2-9H2,1H3,(H,28,29,31). The van der Waals surface area contributed by atoms with Crippen molar-refractivity contribution >= 4 is 22.8 Å². The average Bonchev–Trinajstić information content (AvgIpc) is 3.39. The third-order valence-electron chi connectivity index (χ3n) is 6.68. The molecular formula is C26H28N4O3. The Balaban J connectivity index is 1.48. The number of anilines is 1. The number of aromatic nitrogens is 2. The van der Waals surface area contributed by atoms with Crippen molar-refractivity contribution in [3.63, 3.8) is 0 Å². The third-order valence-corrected chi connectivity index (χ3v) is 6.68. The van der Waals surface area contributed by atoms with Crippen molar-refractivity contribution in [3.8, 4) is 23.1 Å². The van der Waals surface area contributed by atoms with E-state index in [1.165, 1.54) is 6.42 Å². The van der Waals surface area contributed by atoms with Gasteiger partial charge in [-0.3, -0.25) is 5.32 Å². The van der Waals surface area contributed by atoms with E-state index in [9.17, 15) is 10.1 Å². The van der Waals surface area contributed by atoms with E-state index >= 15 is 0 Å². The first-order valence-corrected chi connectivity index (χ1v) is 11.8. The lowest BCUT2D eigenvalue weighted by atomic mass is 9.92. The molecule has 0 saturated heterocycles. The Kier molecular flexibility index (Phi) is 5.91. The van der Waals surface area contributed by atoms with E-state index in [-0.39, 0.29) is 6.10 Å². The molecule has 0 radical (unpaired) electrons. The van der Waals surface area contributed by atoms with Crippen molar-refractivity contribution in [2.24, 2.45) is 0 Å². The van der Waals surface area contributed by atoms with Crippen LogP contribution in [0, 0.1) is 11.3 Å². The first kappa shape index (κ1) is 21.3. The van der Waals surface area contributed by atoms with Crippen LogP contribution in [-0.2, 0) is 4.74 Å². The normalized spacial score (nSPS) is 16.4. The van der Waals surface area contributed by atoms with Crippen LogP contribution in [0.3, 0.4) is 0 Å². The van der Waals surface area contributed by atoms with Gasteiger partial charge in [0.05, 0.1) is 23.4 Å². The highest BCUT2D eigenvalue weighted by atomic mass is 16.6. The summed E-state index contributed by atoms with van der Waals surface area (Å²) >= 11 is 0. The van der Waals surface area contributed by atoms with Gasteiger partial charge in [-0.15, -0.1) is 0 Å². The van der Waals surface area contributed by atoms with Crippen molar-refractivity contribution in [3.05, 3.63) is 42.1 Å².